The molecule has 5 aromatic rings. The van der Waals surface area contributed by atoms with Crippen LogP contribution >= 0.6 is 0 Å². The molecule has 0 atom stereocenters. The van der Waals surface area contributed by atoms with E-state index in [1.165, 1.54) is 10.6 Å². The molecule has 0 radical (unpaired) electrons. The number of hydrogen-bond donors (Lipinski definition) is 1. The topological polar surface area (TPSA) is 95.0 Å². The van der Waals surface area contributed by atoms with E-state index >= 15 is 4.39 Å². The van der Waals surface area contributed by atoms with Crippen molar-refractivity contribution in [2.24, 2.45) is 0 Å². The number of likely N-dealkylation sites (tertiary alicyclic amines) is 1. The molecule has 198 valence electrons. The summed E-state index contributed by atoms with van der Waals surface area (Å²) in [6.07, 6.45) is 5.53. The van der Waals surface area contributed by atoms with Crippen LogP contribution in [0.3, 0.4) is 0 Å². The summed E-state index contributed by atoms with van der Waals surface area (Å²) in [5.74, 6) is -1.56. The first-order chi connectivity index (χ1) is 18.9. The number of benzene rings is 1. The quantitative estimate of drug-likeness (QED) is 0.332. The van der Waals surface area contributed by atoms with E-state index in [0.717, 1.165) is 50.3 Å². The number of piperidine rings is 1. The summed E-state index contributed by atoms with van der Waals surface area (Å²) in [4.78, 5) is 19.0. The first-order valence-corrected chi connectivity index (χ1v) is 12.5. The minimum absolute atomic E-state index is 0.0811. The van der Waals surface area contributed by atoms with Gasteiger partial charge in [-0.2, -0.15) is 0 Å². The number of nitrogens with two attached hydrogens (primary N) is 1. The van der Waals surface area contributed by atoms with E-state index in [1.807, 2.05) is 12.1 Å². The van der Waals surface area contributed by atoms with Gasteiger partial charge in [0, 0.05) is 44.2 Å². The maximum absolute atomic E-state index is 15.3. The Morgan fingerprint density at radius 3 is 2.54 bits per heavy atom. The Morgan fingerprint density at radius 1 is 0.923 bits per heavy atom. The third-order valence-electron chi connectivity index (χ3n) is 6.69. The Hall–Kier alpha value is -4.51. The number of nitrogens with zero attached hydrogens (tertiary/aromatic N) is 6. The van der Waals surface area contributed by atoms with Gasteiger partial charge in [-0.1, -0.05) is 0 Å². The first kappa shape index (κ1) is 24.8. The second-order valence-electron chi connectivity index (χ2n) is 9.40. The Kier molecular flexibility index (Phi) is 6.57. The Bertz CT molecular complexity index is 1650. The van der Waals surface area contributed by atoms with E-state index in [9.17, 15) is 8.78 Å². The highest BCUT2D eigenvalue weighted by Crippen LogP contribution is 2.31. The molecule has 0 saturated carbocycles. The number of halogens is 3. The molecule has 2 N–H and O–H groups in total. The van der Waals surface area contributed by atoms with Gasteiger partial charge in [-0.3, -0.25) is 9.47 Å². The van der Waals surface area contributed by atoms with Gasteiger partial charge >= 0.3 is 0 Å². The standard InChI is InChI=1S/C28H24F3N7O/c29-18-13-22(31)26(35-15-18)28-36-23-2-1-8-34-27(23)38(28)19-3-4-24(21(30)14-19)39-20-6-10-37(11-7-20)16-17-5-9-33-25(32)12-17/h1-5,8-9,12-15,20H,6-7,10-11,16H2,(H2,32,33). The molecule has 0 unspecified atom stereocenters. The van der Waals surface area contributed by atoms with Gasteiger partial charge in [-0.25, -0.2) is 33.1 Å². The highest BCUT2D eigenvalue weighted by molar-refractivity contribution is 5.79. The van der Waals surface area contributed by atoms with Gasteiger partial charge in [0.1, 0.15) is 28.9 Å². The molecule has 1 aliphatic rings. The Balaban J connectivity index is 1.22. The molecule has 1 aromatic carbocycles. The number of fused-ring (bicyclic) bond motifs is 1. The van der Waals surface area contributed by atoms with Crippen molar-refractivity contribution in [1.82, 2.24) is 29.4 Å². The zero-order valence-corrected chi connectivity index (χ0v) is 20.8. The van der Waals surface area contributed by atoms with Crippen LogP contribution in [0.25, 0.3) is 28.4 Å². The van der Waals surface area contributed by atoms with Crippen molar-refractivity contribution in [3.8, 4) is 23.0 Å². The summed E-state index contributed by atoms with van der Waals surface area (Å²) in [6.45, 7) is 2.37. The van der Waals surface area contributed by atoms with E-state index in [-0.39, 0.29) is 23.4 Å². The number of anilines is 1. The van der Waals surface area contributed by atoms with Gasteiger partial charge in [-0.15, -0.1) is 0 Å². The molecule has 5 heterocycles. The van der Waals surface area contributed by atoms with Crippen LogP contribution in [-0.2, 0) is 6.54 Å². The molecule has 1 fully saturated rings. The maximum Gasteiger partial charge on any atom is 0.168 e. The van der Waals surface area contributed by atoms with E-state index < -0.39 is 17.5 Å². The molecule has 0 aliphatic carbocycles. The minimum Gasteiger partial charge on any atom is -0.487 e. The van der Waals surface area contributed by atoms with E-state index in [0.29, 0.717) is 22.7 Å². The van der Waals surface area contributed by atoms with Crippen molar-refractivity contribution in [2.75, 3.05) is 18.8 Å². The Morgan fingerprint density at radius 2 is 1.77 bits per heavy atom. The lowest BCUT2D eigenvalue weighted by molar-refractivity contribution is 0.0935. The summed E-state index contributed by atoms with van der Waals surface area (Å²) < 4.78 is 51.0. The van der Waals surface area contributed by atoms with E-state index in [4.69, 9.17) is 10.5 Å². The zero-order valence-electron chi connectivity index (χ0n) is 20.8. The molecule has 8 nitrogen and oxygen atoms in total. The van der Waals surface area contributed by atoms with Crippen LogP contribution in [0.15, 0.2) is 67.1 Å². The van der Waals surface area contributed by atoms with E-state index in [2.05, 4.69) is 24.8 Å². The molecule has 11 heteroatoms. The molecule has 1 aliphatic heterocycles. The minimum atomic E-state index is -0.884. The number of imidazole rings is 1. The highest BCUT2D eigenvalue weighted by atomic mass is 19.1. The van der Waals surface area contributed by atoms with Crippen LogP contribution in [0.4, 0.5) is 19.0 Å². The van der Waals surface area contributed by atoms with Crippen LogP contribution in [0.1, 0.15) is 18.4 Å². The summed E-state index contributed by atoms with van der Waals surface area (Å²) in [5, 5.41) is 0. The van der Waals surface area contributed by atoms with Crippen molar-refractivity contribution < 1.29 is 17.9 Å². The highest BCUT2D eigenvalue weighted by Gasteiger charge is 2.24. The smallest absolute Gasteiger partial charge is 0.168 e. The second-order valence-corrected chi connectivity index (χ2v) is 9.40. The number of aromatic nitrogens is 5. The maximum atomic E-state index is 15.3. The molecule has 0 spiro atoms. The molecular weight excluding hydrogens is 507 g/mol. The molecular formula is C28H24F3N7O. The molecule has 4 aromatic heterocycles. The third kappa shape index (κ3) is 5.13. The van der Waals surface area contributed by atoms with Crippen LogP contribution in [0, 0.1) is 17.5 Å². The van der Waals surface area contributed by atoms with E-state index in [1.54, 1.807) is 36.7 Å². The number of hydrogen-bond acceptors (Lipinski definition) is 7. The van der Waals surface area contributed by atoms with Crippen LogP contribution < -0.4 is 10.5 Å². The number of pyridine rings is 3. The monoisotopic (exact) mass is 531 g/mol. The zero-order chi connectivity index (χ0) is 26.9. The van der Waals surface area contributed by atoms with Gasteiger partial charge in [-0.05, 0) is 54.8 Å². The number of nitrogen functional groups attached to an aromatic ring is 1. The lowest BCUT2D eigenvalue weighted by Crippen LogP contribution is -2.37. The van der Waals surface area contributed by atoms with Gasteiger partial charge < -0.3 is 10.5 Å². The van der Waals surface area contributed by atoms with Crippen LogP contribution in [-0.4, -0.2) is 48.6 Å². The third-order valence-corrected chi connectivity index (χ3v) is 6.69. The average Bonchev–Trinajstić information content (AvgIpc) is 3.30. The largest absolute Gasteiger partial charge is 0.487 e. The normalized spacial score (nSPS) is 14.6. The lowest BCUT2D eigenvalue weighted by atomic mass is 10.1. The molecule has 1 saturated heterocycles. The van der Waals surface area contributed by atoms with Crippen molar-refractivity contribution in [3.05, 3.63) is 90.1 Å². The molecule has 0 bridgehead atoms. The van der Waals surface area contributed by atoms with Gasteiger partial charge in [0.25, 0.3) is 0 Å². The van der Waals surface area contributed by atoms with Crippen molar-refractivity contribution in [1.29, 1.82) is 0 Å². The fourth-order valence-electron chi connectivity index (χ4n) is 4.84. The molecule has 0 amide bonds. The average molecular weight is 532 g/mol. The summed E-state index contributed by atoms with van der Waals surface area (Å²) in [5.41, 5.74) is 7.90. The van der Waals surface area contributed by atoms with Crippen molar-refractivity contribution in [3.63, 3.8) is 0 Å². The number of ether oxygens (including phenoxy) is 1. The molecule has 39 heavy (non-hydrogen) atoms. The summed E-state index contributed by atoms with van der Waals surface area (Å²) in [7, 11) is 0. The number of rotatable bonds is 6. The predicted molar refractivity (Wildman–Crippen MR) is 140 cm³/mol. The van der Waals surface area contributed by atoms with Gasteiger partial charge in [0.15, 0.2) is 28.9 Å². The fourth-order valence-corrected chi connectivity index (χ4v) is 4.84. The Labute approximate surface area is 221 Å². The van der Waals surface area contributed by atoms with Gasteiger partial charge in [0.05, 0.1) is 11.9 Å². The van der Waals surface area contributed by atoms with Crippen LogP contribution in [0.5, 0.6) is 5.75 Å². The van der Waals surface area contributed by atoms with Crippen molar-refractivity contribution >= 4 is 17.0 Å². The lowest BCUT2D eigenvalue weighted by Gasteiger charge is -2.32. The van der Waals surface area contributed by atoms with Gasteiger partial charge in [0.2, 0.25) is 0 Å². The summed E-state index contributed by atoms with van der Waals surface area (Å²) in [6, 6.07) is 12.4. The van der Waals surface area contributed by atoms with Crippen LogP contribution in [0.2, 0.25) is 0 Å². The van der Waals surface area contributed by atoms with Crippen molar-refractivity contribution in [2.45, 2.75) is 25.5 Å². The SMILES string of the molecule is Nc1cc(CN2CCC(Oc3ccc(-n4c(-c5ncc(F)cc5F)nc5cccnc54)cc3F)CC2)ccn1. The fraction of sp³-hybridized carbons (Fsp3) is 0.214. The summed E-state index contributed by atoms with van der Waals surface area (Å²) >= 11 is 0. The first-order valence-electron chi connectivity index (χ1n) is 12.5. The predicted octanol–water partition coefficient (Wildman–Crippen LogP) is 4.92. The molecule has 6 rings (SSSR count). The second kappa shape index (κ2) is 10.3.